The number of para-hydroxylation sites is 1. The number of hydrogen-bond donors (Lipinski definition) is 3. The molecule has 6 atom stereocenters. The molecule has 2 aromatic heterocycles. The van der Waals surface area contributed by atoms with Gasteiger partial charge in [0.25, 0.3) is 0 Å². The first-order chi connectivity index (χ1) is 21.2. The molecular formula is C29H37N6O9P. The molecule has 0 aliphatic carbocycles. The van der Waals surface area contributed by atoms with Crippen LogP contribution in [0, 0.1) is 24.2 Å². The van der Waals surface area contributed by atoms with E-state index < -0.39 is 61.7 Å². The average Bonchev–Trinajstić information content (AvgIpc) is 3.49. The van der Waals surface area contributed by atoms with Crippen molar-refractivity contribution in [2.45, 2.75) is 71.0 Å². The number of fused-ring (bicyclic) bond motifs is 1. The maximum atomic E-state index is 14.1. The highest BCUT2D eigenvalue weighted by atomic mass is 31.2. The van der Waals surface area contributed by atoms with Crippen molar-refractivity contribution in [1.82, 2.24) is 19.7 Å². The van der Waals surface area contributed by atoms with Crippen molar-refractivity contribution < 1.29 is 42.5 Å². The zero-order valence-corrected chi connectivity index (χ0v) is 26.7. The minimum atomic E-state index is -4.39. The number of ether oxygens (including phenoxy) is 3. The Labute approximate surface area is 260 Å². The largest absolute Gasteiger partial charge is 0.465 e. The highest BCUT2D eigenvalue weighted by Gasteiger charge is 2.67. The van der Waals surface area contributed by atoms with E-state index in [1.165, 1.54) is 36.6 Å². The molecule has 4 N–H and O–H groups in total. The van der Waals surface area contributed by atoms with Crippen LogP contribution in [0.25, 0.3) is 5.52 Å². The third-order valence-electron chi connectivity index (χ3n) is 7.18. The summed E-state index contributed by atoms with van der Waals surface area (Å²) in [6, 6.07) is 12.1. The standard InChI is InChI=1S/C29H37N6O9P/c1-7-40-27(37)18(4)34-45(39,44-20-11-9-8-10-12-20)41-15-22-24(42-26(36)17(2)3)28(6,38)29(16-30,43-22)23-14-13-21-25(31)32-19(5)33-35(21)23/h8-14,17-18,22,24,38H,7,15H2,1-6H3,(H,34,39)(H2,31,32,33)/t18-,22+,24+,28+,29-,45-/m0/s1. The number of nitrogens with zero attached hydrogens (tertiary/aromatic N) is 4. The second-order valence-corrected chi connectivity index (χ2v) is 12.7. The Bertz CT molecular complexity index is 1640. The Morgan fingerprint density at radius 2 is 1.91 bits per heavy atom. The van der Waals surface area contributed by atoms with Gasteiger partial charge in [0, 0.05) is 0 Å². The molecule has 0 spiro atoms. The molecule has 1 aromatic carbocycles. The third-order valence-corrected chi connectivity index (χ3v) is 8.82. The van der Waals surface area contributed by atoms with Gasteiger partial charge in [0.05, 0.1) is 24.8 Å². The molecule has 0 radical (unpaired) electrons. The molecule has 1 aliphatic heterocycles. The minimum Gasteiger partial charge on any atom is -0.465 e. The minimum absolute atomic E-state index is 0.0769. The van der Waals surface area contributed by atoms with Crippen LogP contribution >= 0.6 is 7.75 Å². The fourth-order valence-corrected chi connectivity index (χ4v) is 6.40. The molecule has 4 rings (SSSR count). The number of aryl methyl sites for hydroxylation is 1. The number of rotatable bonds is 12. The predicted octanol–water partition coefficient (Wildman–Crippen LogP) is 2.80. The van der Waals surface area contributed by atoms with Crippen molar-refractivity contribution >= 4 is 31.0 Å². The zero-order chi connectivity index (χ0) is 33.2. The van der Waals surface area contributed by atoms with Crippen molar-refractivity contribution in [2.75, 3.05) is 18.9 Å². The number of hydrogen-bond acceptors (Lipinski definition) is 13. The van der Waals surface area contributed by atoms with Gasteiger partial charge in [0.15, 0.2) is 11.9 Å². The van der Waals surface area contributed by atoms with E-state index >= 15 is 0 Å². The Morgan fingerprint density at radius 3 is 2.53 bits per heavy atom. The molecule has 1 saturated heterocycles. The maximum absolute atomic E-state index is 14.1. The average molecular weight is 645 g/mol. The number of esters is 2. The number of nitrogens with one attached hydrogen (secondary N) is 1. The summed E-state index contributed by atoms with van der Waals surface area (Å²) in [5.74, 6) is -1.44. The van der Waals surface area contributed by atoms with Gasteiger partial charge in [-0.05, 0) is 52.0 Å². The van der Waals surface area contributed by atoms with Gasteiger partial charge < -0.3 is 29.6 Å². The fourth-order valence-electron chi connectivity index (χ4n) is 4.89. The number of anilines is 1. The number of nitriles is 1. The Balaban J connectivity index is 1.75. The van der Waals surface area contributed by atoms with Gasteiger partial charge in [0.2, 0.25) is 5.60 Å². The van der Waals surface area contributed by atoms with E-state index in [9.17, 15) is 24.5 Å². The summed E-state index contributed by atoms with van der Waals surface area (Å²) in [6.07, 6.45) is -2.88. The zero-order valence-electron chi connectivity index (χ0n) is 25.8. The number of benzene rings is 1. The van der Waals surface area contributed by atoms with Crippen molar-refractivity contribution in [2.24, 2.45) is 5.92 Å². The Hall–Kier alpha value is -4.06. The molecule has 15 nitrogen and oxygen atoms in total. The van der Waals surface area contributed by atoms with Crippen molar-refractivity contribution in [1.29, 1.82) is 5.26 Å². The lowest BCUT2D eigenvalue weighted by atomic mass is 9.80. The number of carbonyl (C=O) groups is 2. The number of carbonyl (C=O) groups excluding carboxylic acids is 2. The lowest BCUT2D eigenvalue weighted by Gasteiger charge is -2.34. The molecule has 16 heteroatoms. The summed E-state index contributed by atoms with van der Waals surface area (Å²) >= 11 is 0. The summed E-state index contributed by atoms with van der Waals surface area (Å²) in [5, 5.41) is 29.6. The fraction of sp³-hybridized carbons (Fsp3) is 0.483. The number of aromatic nitrogens is 3. The van der Waals surface area contributed by atoms with Crippen LogP contribution in [0.15, 0.2) is 42.5 Å². The highest BCUT2D eigenvalue weighted by molar-refractivity contribution is 7.52. The highest BCUT2D eigenvalue weighted by Crippen LogP contribution is 2.51. The quantitative estimate of drug-likeness (QED) is 0.191. The van der Waals surface area contributed by atoms with E-state index in [4.69, 9.17) is 29.0 Å². The van der Waals surface area contributed by atoms with Crippen LogP contribution in [0.4, 0.5) is 5.82 Å². The van der Waals surface area contributed by atoms with Crippen LogP contribution < -0.4 is 15.3 Å². The molecule has 45 heavy (non-hydrogen) atoms. The molecule has 242 valence electrons. The van der Waals surface area contributed by atoms with Gasteiger partial charge >= 0.3 is 19.7 Å². The van der Waals surface area contributed by atoms with Crippen LogP contribution in [0.2, 0.25) is 0 Å². The van der Waals surface area contributed by atoms with Crippen LogP contribution in [-0.2, 0) is 38.5 Å². The van der Waals surface area contributed by atoms with Crippen LogP contribution in [0.5, 0.6) is 5.75 Å². The first kappa shape index (κ1) is 33.8. The van der Waals surface area contributed by atoms with Gasteiger partial charge in [-0.15, -0.1) is 0 Å². The number of nitrogens with two attached hydrogens (primary N) is 1. The van der Waals surface area contributed by atoms with E-state index in [1.807, 2.05) is 6.07 Å². The molecular weight excluding hydrogens is 607 g/mol. The first-order valence-corrected chi connectivity index (χ1v) is 15.8. The summed E-state index contributed by atoms with van der Waals surface area (Å²) in [6.45, 7) is 8.59. The monoisotopic (exact) mass is 644 g/mol. The number of aliphatic hydroxyl groups is 1. The topological polar surface area (TPSA) is 210 Å². The van der Waals surface area contributed by atoms with Crippen molar-refractivity contribution in [3.8, 4) is 11.8 Å². The molecule has 0 amide bonds. The van der Waals surface area contributed by atoms with Crippen LogP contribution in [-0.4, -0.2) is 68.7 Å². The number of nitrogen functional groups attached to an aromatic ring is 1. The lowest BCUT2D eigenvalue weighted by molar-refractivity contribution is -0.168. The second-order valence-electron chi connectivity index (χ2n) is 11.0. The van der Waals surface area contributed by atoms with E-state index in [1.54, 1.807) is 52.0 Å². The van der Waals surface area contributed by atoms with E-state index in [0.29, 0.717) is 5.52 Å². The first-order valence-electron chi connectivity index (χ1n) is 14.3. The van der Waals surface area contributed by atoms with Gasteiger partial charge in [-0.3, -0.25) is 14.1 Å². The van der Waals surface area contributed by atoms with Crippen molar-refractivity contribution in [3.63, 3.8) is 0 Å². The maximum Gasteiger partial charge on any atom is 0.459 e. The Morgan fingerprint density at radius 1 is 1.22 bits per heavy atom. The Kier molecular flexibility index (Phi) is 9.86. The predicted molar refractivity (Wildman–Crippen MR) is 160 cm³/mol. The molecule has 1 aliphatic rings. The van der Waals surface area contributed by atoms with Gasteiger partial charge in [-0.2, -0.15) is 15.4 Å². The second kappa shape index (κ2) is 13.1. The van der Waals surface area contributed by atoms with Gasteiger partial charge in [-0.1, -0.05) is 32.0 Å². The molecule has 3 aromatic rings. The summed E-state index contributed by atoms with van der Waals surface area (Å²) in [4.78, 5) is 29.4. The summed E-state index contributed by atoms with van der Waals surface area (Å²) in [7, 11) is -4.39. The molecule has 0 unspecified atom stereocenters. The van der Waals surface area contributed by atoms with E-state index in [-0.39, 0.29) is 29.7 Å². The normalized spacial score (nSPS) is 25.0. The lowest BCUT2D eigenvalue weighted by Crippen LogP contribution is -2.54. The van der Waals surface area contributed by atoms with Crippen LogP contribution in [0.1, 0.15) is 46.1 Å². The molecule has 1 fully saturated rings. The molecule has 3 heterocycles. The van der Waals surface area contributed by atoms with E-state index in [0.717, 1.165) is 0 Å². The van der Waals surface area contributed by atoms with Gasteiger partial charge in [-0.25, -0.2) is 14.1 Å². The van der Waals surface area contributed by atoms with Crippen LogP contribution in [0.3, 0.4) is 0 Å². The van der Waals surface area contributed by atoms with Gasteiger partial charge in [0.1, 0.15) is 40.9 Å². The van der Waals surface area contributed by atoms with Crippen molar-refractivity contribution in [3.05, 3.63) is 54.0 Å². The van der Waals surface area contributed by atoms with E-state index in [2.05, 4.69) is 15.2 Å². The summed E-state index contributed by atoms with van der Waals surface area (Å²) < 4.78 is 43.9. The third kappa shape index (κ3) is 6.66. The SMILES string of the molecule is CCOC(=O)[C@H](C)N[P@](=O)(OC[C@H]1O[C@@](C#N)(c2ccc3c(N)nc(C)nn23)[C@](C)(O)[C@@H]1OC(=O)C(C)C)Oc1ccccc1. The summed E-state index contributed by atoms with van der Waals surface area (Å²) in [5.41, 5.74) is 2.10. The molecule has 0 saturated carbocycles. The smallest absolute Gasteiger partial charge is 0.459 e. The molecule has 0 bridgehead atoms.